The highest BCUT2D eigenvalue weighted by atomic mass is 16.7. The molecule has 0 saturated carbocycles. The number of carbonyl (C=O) groups excluding carboxylic acids is 2. The first kappa shape index (κ1) is 26.5. The summed E-state index contributed by atoms with van der Waals surface area (Å²) in [6.45, 7) is -0.134. The first-order valence-corrected chi connectivity index (χ1v) is 11.7. The number of para-hydroxylation sites is 4. The molecule has 3 unspecified atom stereocenters. The molecular weight excluding hydrogens is 496 g/mol. The summed E-state index contributed by atoms with van der Waals surface area (Å²) in [6.07, 6.45) is -1.25. The molecule has 0 bridgehead atoms. The molecule has 10 nitrogen and oxygen atoms in total. The van der Waals surface area contributed by atoms with Gasteiger partial charge in [0.15, 0.2) is 34.5 Å². The van der Waals surface area contributed by atoms with Crippen LogP contribution < -0.4 is 23.7 Å². The summed E-state index contributed by atoms with van der Waals surface area (Å²) in [5.41, 5.74) is 0.111. The summed E-state index contributed by atoms with van der Waals surface area (Å²) in [5.74, 6) is -1.17. The van der Waals surface area contributed by atoms with E-state index in [4.69, 9.17) is 33.2 Å². The Labute approximate surface area is 219 Å². The lowest BCUT2D eigenvalue weighted by molar-refractivity contribution is -0.142. The third kappa shape index (κ3) is 5.86. The number of hydrogen-bond donors (Lipinski definition) is 1. The van der Waals surface area contributed by atoms with Gasteiger partial charge in [0.05, 0.1) is 32.8 Å². The molecule has 1 aliphatic heterocycles. The van der Waals surface area contributed by atoms with Gasteiger partial charge in [-0.2, -0.15) is 0 Å². The molecule has 0 spiro atoms. The van der Waals surface area contributed by atoms with Gasteiger partial charge in [0.25, 0.3) is 6.29 Å². The lowest BCUT2D eigenvalue weighted by atomic mass is 9.95. The van der Waals surface area contributed by atoms with E-state index in [1.807, 2.05) is 0 Å². The third-order valence-electron chi connectivity index (χ3n) is 6.03. The van der Waals surface area contributed by atoms with Gasteiger partial charge in [-0.3, -0.25) is 4.79 Å². The number of ether oxygens (including phenoxy) is 7. The van der Waals surface area contributed by atoms with Crippen LogP contribution in [0.5, 0.6) is 34.5 Å². The molecule has 1 aliphatic rings. The minimum Gasteiger partial charge on any atom is -0.504 e. The van der Waals surface area contributed by atoms with Gasteiger partial charge in [-0.1, -0.05) is 24.3 Å². The molecule has 4 rings (SSSR count). The first-order chi connectivity index (χ1) is 18.4. The minimum atomic E-state index is -1.25. The van der Waals surface area contributed by atoms with Crippen molar-refractivity contribution in [2.75, 3.05) is 34.5 Å². The van der Waals surface area contributed by atoms with Crippen molar-refractivity contribution in [1.29, 1.82) is 0 Å². The molecular formula is C28H28O10. The molecule has 0 radical (unpaired) electrons. The minimum absolute atomic E-state index is 0.0647. The molecule has 3 aromatic rings. The van der Waals surface area contributed by atoms with Crippen LogP contribution in [0.15, 0.2) is 66.7 Å². The quantitative estimate of drug-likeness (QED) is 0.293. The van der Waals surface area contributed by atoms with Crippen molar-refractivity contribution < 1.29 is 47.9 Å². The molecule has 200 valence electrons. The van der Waals surface area contributed by atoms with E-state index in [0.29, 0.717) is 23.0 Å². The van der Waals surface area contributed by atoms with Crippen molar-refractivity contribution in [2.24, 2.45) is 11.8 Å². The zero-order valence-electron chi connectivity index (χ0n) is 21.1. The molecule has 3 aromatic carbocycles. The molecule has 0 aromatic heterocycles. The molecule has 3 atom stereocenters. The predicted molar refractivity (Wildman–Crippen MR) is 134 cm³/mol. The second kappa shape index (κ2) is 12.1. The van der Waals surface area contributed by atoms with E-state index < -0.39 is 30.1 Å². The maximum atomic E-state index is 13.1. The fourth-order valence-corrected chi connectivity index (χ4v) is 3.97. The van der Waals surface area contributed by atoms with Gasteiger partial charge < -0.3 is 38.3 Å². The average Bonchev–Trinajstić information content (AvgIpc) is 3.31. The number of carbonyl (C=O) groups is 2. The molecule has 1 fully saturated rings. The van der Waals surface area contributed by atoms with Gasteiger partial charge in [-0.25, -0.2) is 4.79 Å². The lowest BCUT2D eigenvalue weighted by Crippen LogP contribution is -2.39. The van der Waals surface area contributed by atoms with Gasteiger partial charge in [0.2, 0.25) is 0 Å². The molecule has 0 aliphatic carbocycles. The second-order valence-corrected chi connectivity index (χ2v) is 8.29. The number of aromatic hydroxyl groups is 1. The van der Waals surface area contributed by atoms with Crippen LogP contribution in [0.4, 0.5) is 0 Å². The van der Waals surface area contributed by atoms with Crippen LogP contribution in [0.3, 0.4) is 0 Å². The SMILES string of the molecule is COc1cc(C(=O)OC(Oc2ccccc2OC)C2COC(=O)C2COc2ccccc2OC)ccc1O. The maximum absolute atomic E-state index is 13.1. The maximum Gasteiger partial charge on any atom is 0.341 e. The normalized spacial score (nSPS) is 17.2. The van der Waals surface area contributed by atoms with Crippen molar-refractivity contribution >= 4 is 11.9 Å². The number of methoxy groups -OCH3 is 3. The molecule has 1 heterocycles. The van der Waals surface area contributed by atoms with Crippen LogP contribution in [0.1, 0.15) is 10.4 Å². The van der Waals surface area contributed by atoms with E-state index in [1.54, 1.807) is 48.5 Å². The number of phenolic OH excluding ortho intramolecular Hbond substituents is 1. The molecule has 10 heteroatoms. The van der Waals surface area contributed by atoms with Crippen LogP contribution in [-0.4, -0.2) is 57.9 Å². The Morgan fingerprint density at radius 1 is 0.895 bits per heavy atom. The number of phenols is 1. The second-order valence-electron chi connectivity index (χ2n) is 8.29. The highest BCUT2D eigenvalue weighted by Gasteiger charge is 2.46. The predicted octanol–water partition coefficient (Wildman–Crippen LogP) is 3.85. The Morgan fingerprint density at radius 2 is 1.50 bits per heavy atom. The Hall–Kier alpha value is -4.60. The third-order valence-corrected chi connectivity index (χ3v) is 6.03. The highest BCUT2D eigenvalue weighted by molar-refractivity contribution is 5.90. The van der Waals surface area contributed by atoms with Crippen molar-refractivity contribution in [3.63, 3.8) is 0 Å². The summed E-state index contributed by atoms with van der Waals surface area (Å²) < 4.78 is 38.9. The monoisotopic (exact) mass is 524 g/mol. The summed E-state index contributed by atoms with van der Waals surface area (Å²) >= 11 is 0. The Kier molecular flexibility index (Phi) is 8.42. The first-order valence-electron chi connectivity index (χ1n) is 11.7. The lowest BCUT2D eigenvalue weighted by Gasteiger charge is -2.27. The summed E-state index contributed by atoms with van der Waals surface area (Å²) in [4.78, 5) is 25.9. The Balaban J connectivity index is 1.61. The number of benzene rings is 3. The van der Waals surface area contributed by atoms with Crippen molar-refractivity contribution in [2.45, 2.75) is 6.29 Å². The van der Waals surface area contributed by atoms with Gasteiger partial charge in [0.1, 0.15) is 19.1 Å². The Morgan fingerprint density at radius 3 is 2.16 bits per heavy atom. The fourth-order valence-electron chi connectivity index (χ4n) is 3.97. The topological polar surface area (TPSA) is 119 Å². The summed E-state index contributed by atoms with van der Waals surface area (Å²) in [6, 6.07) is 17.9. The van der Waals surface area contributed by atoms with E-state index in [2.05, 4.69) is 0 Å². The number of cyclic esters (lactones) is 1. The van der Waals surface area contributed by atoms with Crippen LogP contribution in [0, 0.1) is 11.8 Å². The standard InChI is InChI=1S/C28H28O10/c1-32-21-8-4-6-10-23(21)35-15-18-19(16-36-27(18)31)28(37-24-11-7-5-9-22(24)33-2)38-26(30)17-12-13-20(29)25(14-17)34-3/h4-14,18-19,28-29H,15-16H2,1-3H3. The van der Waals surface area contributed by atoms with Crippen LogP contribution in [0.2, 0.25) is 0 Å². The zero-order valence-corrected chi connectivity index (χ0v) is 21.1. The van der Waals surface area contributed by atoms with E-state index in [-0.39, 0.29) is 30.3 Å². The van der Waals surface area contributed by atoms with Crippen molar-refractivity contribution in [3.05, 3.63) is 72.3 Å². The number of rotatable bonds is 11. The summed E-state index contributed by atoms with van der Waals surface area (Å²) in [5, 5.41) is 9.89. The highest BCUT2D eigenvalue weighted by Crippen LogP contribution is 2.35. The van der Waals surface area contributed by atoms with E-state index >= 15 is 0 Å². The summed E-state index contributed by atoms with van der Waals surface area (Å²) in [7, 11) is 4.37. The van der Waals surface area contributed by atoms with Gasteiger partial charge in [-0.05, 0) is 42.5 Å². The zero-order chi connectivity index (χ0) is 27.1. The van der Waals surface area contributed by atoms with Crippen LogP contribution in [0.25, 0.3) is 0 Å². The van der Waals surface area contributed by atoms with E-state index in [1.165, 1.54) is 39.5 Å². The Bertz CT molecular complexity index is 1270. The van der Waals surface area contributed by atoms with Gasteiger partial charge in [-0.15, -0.1) is 0 Å². The van der Waals surface area contributed by atoms with E-state index in [9.17, 15) is 14.7 Å². The fraction of sp³-hybridized carbons (Fsp3) is 0.286. The smallest absolute Gasteiger partial charge is 0.341 e. The number of hydrogen-bond acceptors (Lipinski definition) is 10. The van der Waals surface area contributed by atoms with Gasteiger partial charge in [0, 0.05) is 0 Å². The largest absolute Gasteiger partial charge is 0.504 e. The molecule has 1 N–H and O–H groups in total. The average molecular weight is 525 g/mol. The van der Waals surface area contributed by atoms with Crippen molar-refractivity contribution in [3.8, 4) is 34.5 Å². The molecule has 0 amide bonds. The molecule has 38 heavy (non-hydrogen) atoms. The van der Waals surface area contributed by atoms with Crippen molar-refractivity contribution in [1.82, 2.24) is 0 Å². The van der Waals surface area contributed by atoms with Crippen LogP contribution >= 0.6 is 0 Å². The van der Waals surface area contributed by atoms with E-state index in [0.717, 1.165) is 0 Å². The van der Waals surface area contributed by atoms with Crippen LogP contribution in [-0.2, 0) is 14.3 Å². The molecule has 1 saturated heterocycles. The number of esters is 2. The van der Waals surface area contributed by atoms with Gasteiger partial charge >= 0.3 is 11.9 Å².